The van der Waals surface area contributed by atoms with E-state index in [0.29, 0.717) is 0 Å². The first kappa shape index (κ1) is 11.2. The smallest absolute Gasteiger partial charge is 0.115 e. The van der Waals surface area contributed by atoms with Crippen LogP contribution in [0.15, 0.2) is 42.3 Å². The molecular formula is C14H15N3O. The fourth-order valence-electron chi connectivity index (χ4n) is 2.06. The number of para-hydroxylation sites is 2. The van der Waals surface area contributed by atoms with Crippen LogP contribution in [0.25, 0.3) is 11.0 Å². The molecular weight excluding hydrogens is 226 g/mol. The molecule has 1 aromatic heterocycles. The Kier molecular flexibility index (Phi) is 2.94. The zero-order valence-electron chi connectivity index (χ0n) is 10.0. The van der Waals surface area contributed by atoms with Gasteiger partial charge in [0, 0.05) is 0 Å². The molecule has 4 nitrogen and oxygen atoms in total. The van der Waals surface area contributed by atoms with Crippen LogP contribution in [0.1, 0.15) is 24.6 Å². The van der Waals surface area contributed by atoms with Crippen molar-refractivity contribution in [3.63, 3.8) is 0 Å². The van der Waals surface area contributed by atoms with Gasteiger partial charge in [0.1, 0.15) is 11.8 Å². The zero-order valence-corrected chi connectivity index (χ0v) is 10.0. The van der Waals surface area contributed by atoms with Crippen molar-refractivity contribution in [3.05, 3.63) is 48.0 Å². The number of hydrogen-bond donors (Lipinski definition) is 1. The van der Waals surface area contributed by atoms with Gasteiger partial charge in [0.2, 0.25) is 0 Å². The molecule has 3 rings (SSSR count). The van der Waals surface area contributed by atoms with Crippen LogP contribution < -0.4 is 5.73 Å². The van der Waals surface area contributed by atoms with Crippen LogP contribution in [0, 0.1) is 0 Å². The lowest BCUT2D eigenvalue weighted by atomic mass is 10.1. The van der Waals surface area contributed by atoms with E-state index in [1.807, 2.05) is 30.3 Å². The summed E-state index contributed by atoms with van der Waals surface area (Å²) in [6, 6.07) is 7.46. The molecule has 2 heterocycles. The van der Waals surface area contributed by atoms with Crippen LogP contribution in [-0.4, -0.2) is 16.6 Å². The molecule has 1 aromatic carbocycles. The second-order valence-corrected chi connectivity index (χ2v) is 4.36. The van der Waals surface area contributed by atoms with Gasteiger partial charge < -0.3 is 10.5 Å². The quantitative estimate of drug-likeness (QED) is 0.876. The third-order valence-corrected chi connectivity index (χ3v) is 3.06. The van der Waals surface area contributed by atoms with Crippen molar-refractivity contribution in [2.75, 3.05) is 6.61 Å². The van der Waals surface area contributed by atoms with Gasteiger partial charge in [-0.2, -0.15) is 0 Å². The summed E-state index contributed by atoms with van der Waals surface area (Å²) in [7, 11) is 0. The van der Waals surface area contributed by atoms with Crippen LogP contribution in [-0.2, 0) is 4.74 Å². The highest BCUT2D eigenvalue weighted by atomic mass is 16.5. The predicted octanol–water partition coefficient (Wildman–Crippen LogP) is 2.32. The second-order valence-electron chi connectivity index (χ2n) is 4.36. The summed E-state index contributed by atoms with van der Waals surface area (Å²) in [5.74, 6) is 0.811. The fourth-order valence-corrected chi connectivity index (χ4v) is 2.06. The topological polar surface area (TPSA) is 61.0 Å². The SMILES string of the molecule is NC(C1=CCCCO1)c1cnc2ccccc2n1. The minimum atomic E-state index is -0.317. The number of benzene rings is 1. The Morgan fingerprint density at radius 2 is 2.06 bits per heavy atom. The van der Waals surface area contributed by atoms with Crippen molar-refractivity contribution in [1.82, 2.24) is 9.97 Å². The van der Waals surface area contributed by atoms with Crippen molar-refractivity contribution >= 4 is 11.0 Å². The van der Waals surface area contributed by atoms with E-state index in [0.717, 1.165) is 41.9 Å². The lowest BCUT2D eigenvalue weighted by Gasteiger charge is -2.20. The summed E-state index contributed by atoms with van der Waals surface area (Å²) in [6.07, 6.45) is 5.85. The molecule has 0 aliphatic carbocycles. The molecule has 0 fully saturated rings. The monoisotopic (exact) mass is 241 g/mol. The average Bonchev–Trinajstić information content (AvgIpc) is 2.47. The molecule has 1 unspecified atom stereocenters. The normalized spacial score (nSPS) is 17.1. The first-order valence-electron chi connectivity index (χ1n) is 6.15. The second kappa shape index (κ2) is 4.74. The van der Waals surface area contributed by atoms with E-state index in [2.05, 4.69) is 9.97 Å². The van der Waals surface area contributed by atoms with Gasteiger partial charge in [0.25, 0.3) is 0 Å². The van der Waals surface area contributed by atoms with Crippen molar-refractivity contribution in [2.45, 2.75) is 18.9 Å². The van der Waals surface area contributed by atoms with Gasteiger partial charge in [-0.3, -0.25) is 4.98 Å². The predicted molar refractivity (Wildman–Crippen MR) is 69.7 cm³/mol. The maximum Gasteiger partial charge on any atom is 0.115 e. The number of rotatable bonds is 2. The zero-order chi connectivity index (χ0) is 12.4. The van der Waals surface area contributed by atoms with Crippen LogP contribution in [0.4, 0.5) is 0 Å². The lowest BCUT2D eigenvalue weighted by Crippen LogP contribution is -2.19. The summed E-state index contributed by atoms with van der Waals surface area (Å²) < 4.78 is 5.57. The molecule has 0 saturated heterocycles. The Labute approximate surface area is 106 Å². The Morgan fingerprint density at radius 3 is 2.83 bits per heavy atom. The van der Waals surface area contributed by atoms with E-state index < -0.39 is 0 Å². The van der Waals surface area contributed by atoms with Crippen LogP contribution >= 0.6 is 0 Å². The lowest BCUT2D eigenvalue weighted by molar-refractivity contribution is 0.175. The van der Waals surface area contributed by atoms with E-state index in [1.54, 1.807) is 6.20 Å². The molecule has 0 bridgehead atoms. The van der Waals surface area contributed by atoms with E-state index >= 15 is 0 Å². The van der Waals surface area contributed by atoms with Gasteiger partial charge in [-0.15, -0.1) is 0 Å². The van der Waals surface area contributed by atoms with E-state index in [1.165, 1.54) is 0 Å². The van der Waals surface area contributed by atoms with Crippen molar-refractivity contribution < 1.29 is 4.74 Å². The Bertz CT molecular complexity index is 594. The highest BCUT2D eigenvalue weighted by Gasteiger charge is 2.17. The number of hydrogen-bond acceptors (Lipinski definition) is 4. The number of ether oxygens (including phenoxy) is 1. The largest absolute Gasteiger partial charge is 0.496 e. The third-order valence-electron chi connectivity index (χ3n) is 3.06. The minimum absolute atomic E-state index is 0.317. The molecule has 0 saturated carbocycles. The van der Waals surface area contributed by atoms with Crippen molar-refractivity contribution in [1.29, 1.82) is 0 Å². The summed E-state index contributed by atoms with van der Waals surface area (Å²) in [6.45, 7) is 0.737. The van der Waals surface area contributed by atoms with Gasteiger partial charge >= 0.3 is 0 Å². The fraction of sp³-hybridized carbons (Fsp3) is 0.286. The van der Waals surface area contributed by atoms with E-state index in [4.69, 9.17) is 10.5 Å². The maximum atomic E-state index is 6.16. The minimum Gasteiger partial charge on any atom is -0.496 e. The van der Waals surface area contributed by atoms with Crippen molar-refractivity contribution in [2.24, 2.45) is 5.73 Å². The Balaban J connectivity index is 1.96. The molecule has 18 heavy (non-hydrogen) atoms. The van der Waals surface area contributed by atoms with Gasteiger partial charge in [0.05, 0.1) is 29.5 Å². The molecule has 0 radical (unpaired) electrons. The summed E-state index contributed by atoms with van der Waals surface area (Å²) in [5.41, 5.74) is 8.66. The van der Waals surface area contributed by atoms with Gasteiger partial charge in [-0.25, -0.2) is 4.98 Å². The molecule has 1 aliphatic heterocycles. The molecule has 4 heteroatoms. The summed E-state index contributed by atoms with van der Waals surface area (Å²) >= 11 is 0. The van der Waals surface area contributed by atoms with Crippen LogP contribution in [0.3, 0.4) is 0 Å². The molecule has 0 spiro atoms. The van der Waals surface area contributed by atoms with Crippen LogP contribution in [0.5, 0.6) is 0 Å². The number of fused-ring (bicyclic) bond motifs is 1. The first-order chi connectivity index (χ1) is 8.84. The van der Waals surface area contributed by atoms with E-state index in [-0.39, 0.29) is 6.04 Å². The number of nitrogens with zero attached hydrogens (tertiary/aromatic N) is 2. The summed E-state index contributed by atoms with van der Waals surface area (Å²) in [4.78, 5) is 8.91. The third kappa shape index (κ3) is 2.07. The Morgan fingerprint density at radius 1 is 1.22 bits per heavy atom. The summed E-state index contributed by atoms with van der Waals surface area (Å²) in [5, 5.41) is 0. The average molecular weight is 241 g/mol. The molecule has 1 atom stereocenters. The Hall–Kier alpha value is -1.94. The molecule has 0 amide bonds. The van der Waals surface area contributed by atoms with Crippen LogP contribution in [0.2, 0.25) is 0 Å². The standard InChI is InChI=1S/C14H15N3O/c15-14(13-7-3-4-8-18-13)12-9-16-10-5-1-2-6-11(10)17-12/h1-2,5-7,9,14H,3-4,8,15H2. The molecule has 1 aliphatic rings. The number of aromatic nitrogens is 2. The molecule has 2 aromatic rings. The molecule has 92 valence electrons. The number of nitrogens with two attached hydrogens (primary N) is 1. The first-order valence-corrected chi connectivity index (χ1v) is 6.15. The molecule has 2 N–H and O–H groups in total. The van der Waals surface area contributed by atoms with Gasteiger partial charge in [0.15, 0.2) is 0 Å². The number of allylic oxidation sites excluding steroid dienone is 1. The highest BCUT2D eigenvalue weighted by Crippen LogP contribution is 2.23. The highest BCUT2D eigenvalue weighted by molar-refractivity contribution is 5.73. The van der Waals surface area contributed by atoms with Gasteiger partial charge in [-0.1, -0.05) is 12.1 Å². The van der Waals surface area contributed by atoms with Gasteiger partial charge in [-0.05, 0) is 31.1 Å². The maximum absolute atomic E-state index is 6.16. The van der Waals surface area contributed by atoms with Crippen molar-refractivity contribution in [3.8, 4) is 0 Å². The van der Waals surface area contributed by atoms with E-state index in [9.17, 15) is 0 Å².